The van der Waals surface area contributed by atoms with Crippen molar-refractivity contribution in [1.29, 1.82) is 0 Å². The lowest BCUT2D eigenvalue weighted by Crippen LogP contribution is -2.36. The summed E-state index contributed by atoms with van der Waals surface area (Å²) in [6.45, 7) is 6.54. The van der Waals surface area contributed by atoms with Crippen molar-refractivity contribution in [2.24, 2.45) is 0 Å². The molecule has 0 saturated heterocycles. The molecule has 3 nitrogen and oxygen atoms in total. The van der Waals surface area contributed by atoms with E-state index in [9.17, 15) is 4.79 Å². The first-order chi connectivity index (χ1) is 5.66. The summed E-state index contributed by atoms with van der Waals surface area (Å²) < 4.78 is 0. The fraction of sp³-hybridized carbons (Fsp3) is 0.625. The maximum Gasteiger partial charge on any atom is 0.315 e. The third-order valence-corrected chi connectivity index (χ3v) is 1.39. The molecule has 2 amide bonds. The number of nitrogens with one attached hydrogen (secondary N) is 2. The summed E-state index contributed by atoms with van der Waals surface area (Å²) in [6.07, 6.45) is 2.07. The van der Waals surface area contributed by atoms with Crippen molar-refractivity contribution in [2.75, 3.05) is 13.1 Å². The third-order valence-electron chi connectivity index (χ3n) is 1.26. The van der Waals surface area contributed by atoms with Crippen LogP contribution in [0.3, 0.4) is 0 Å². The SMILES string of the molecule is C=C(Cl)CNC(=O)NCCCC. The molecule has 0 aliphatic rings. The van der Waals surface area contributed by atoms with Crippen molar-refractivity contribution >= 4 is 17.6 Å². The quantitative estimate of drug-likeness (QED) is 0.639. The number of unbranched alkanes of at least 4 members (excludes halogenated alkanes) is 1. The number of hydrogen-bond acceptors (Lipinski definition) is 1. The highest BCUT2D eigenvalue weighted by Gasteiger charge is 1.97. The van der Waals surface area contributed by atoms with E-state index in [2.05, 4.69) is 24.1 Å². The number of amides is 2. The number of urea groups is 1. The molecule has 0 radical (unpaired) electrons. The molecule has 0 aliphatic carbocycles. The second-order valence-corrected chi connectivity index (χ2v) is 3.01. The Morgan fingerprint density at radius 2 is 2.17 bits per heavy atom. The van der Waals surface area contributed by atoms with Gasteiger partial charge in [-0.25, -0.2) is 4.79 Å². The average molecular weight is 191 g/mol. The predicted octanol–water partition coefficient (Wildman–Crippen LogP) is 1.84. The van der Waals surface area contributed by atoms with Gasteiger partial charge in [-0.05, 0) is 6.42 Å². The summed E-state index contributed by atoms with van der Waals surface area (Å²) in [5.41, 5.74) is 0. The fourth-order valence-electron chi connectivity index (χ4n) is 0.617. The Hall–Kier alpha value is -0.700. The molecule has 0 aromatic carbocycles. The topological polar surface area (TPSA) is 41.1 Å². The van der Waals surface area contributed by atoms with E-state index in [4.69, 9.17) is 11.6 Å². The molecule has 0 aliphatic heterocycles. The van der Waals surface area contributed by atoms with Gasteiger partial charge >= 0.3 is 6.03 Å². The highest BCUT2D eigenvalue weighted by molar-refractivity contribution is 6.29. The summed E-state index contributed by atoms with van der Waals surface area (Å²) in [5.74, 6) is 0. The zero-order chi connectivity index (χ0) is 9.40. The smallest absolute Gasteiger partial charge is 0.315 e. The Morgan fingerprint density at radius 3 is 2.67 bits per heavy atom. The van der Waals surface area contributed by atoms with Crippen LogP contribution in [0.25, 0.3) is 0 Å². The van der Waals surface area contributed by atoms with E-state index in [1.54, 1.807) is 0 Å². The molecular formula is C8H15ClN2O. The van der Waals surface area contributed by atoms with Crippen LogP contribution in [-0.2, 0) is 0 Å². The monoisotopic (exact) mass is 190 g/mol. The predicted molar refractivity (Wildman–Crippen MR) is 51.3 cm³/mol. The van der Waals surface area contributed by atoms with Crippen LogP contribution in [0.5, 0.6) is 0 Å². The van der Waals surface area contributed by atoms with Crippen LogP contribution in [0, 0.1) is 0 Å². The Kier molecular flexibility index (Phi) is 6.57. The Bertz CT molecular complexity index is 159. The van der Waals surface area contributed by atoms with Crippen LogP contribution in [0.4, 0.5) is 4.79 Å². The summed E-state index contributed by atoms with van der Waals surface area (Å²) >= 11 is 5.45. The summed E-state index contributed by atoms with van der Waals surface area (Å²) in [7, 11) is 0. The zero-order valence-corrected chi connectivity index (χ0v) is 8.08. The van der Waals surface area contributed by atoms with Gasteiger partial charge in [0.25, 0.3) is 0 Å². The molecule has 70 valence electrons. The first-order valence-electron chi connectivity index (χ1n) is 4.01. The van der Waals surface area contributed by atoms with Gasteiger partial charge in [-0.3, -0.25) is 0 Å². The minimum atomic E-state index is -0.190. The van der Waals surface area contributed by atoms with Crippen LogP contribution in [0.2, 0.25) is 0 Å². The summed E-state index contributed by atoms with van der Waals surface area (Å²) in [4.78, 5) is 10.9. The highest BCUT2D eigenvalue weighted by atomic mass is 35.5. The normalized spacial score (nSPS) is 9.17. The van der Waals surface area contributed by atoms with Crippen LogP contribution in [0.15, 0.2) is 11.6 Å². The van der Waals surface area contributed by atoms with Gasteiger partial charge < -0.3 is 10.6 Å². The third kappa shape index (κ3) is 7.41. The standard InChI is InChI=1S/C8H15ClN2O/c1-3-4-5-10-8(12)11-6-7(2)9/h2-6H2,1H3,(H2,10,11,12). The summed E-state index contributed by atoms with van der Waals surface area (Å²) in [6, 6.07) is -0.190. The molecule has 0 heterocycles. The molecule has 0 atom stereocenters. The van der Waals surface area contributed by atoms with Gasteiger partial charge in [0, 0.05) is 11.6 Å². The maximum atomic E-state index is 10.9. The number of carbonyl (C=O) groups excluding carboxylic acids is 1. The molecule has 12 heavy (non-hydrogen) atoms. The van der Waals surface area contributed by atoms with Gasteiger partial charge in [0.05, 0.1) is 6.54 Å². The van der Waals surface area contributed by atoms with Gasteiger partial charge in [0.15, 0.2) is 0 Å². The first-order valence-corrected chi connectivity index (χ1v) is 4.39. The van der Waals surface area contributed by atoms with E-state index in [1.165, 1.54) is 0 Å². The van der Waals surface area contributed by atoms with E-state index < -0.39 is 0 Å². The lowest BCUT2D eigenvalue weighted by atomic mass is 10.3. The van der Waals surface area contributed by atoms with E-state index in [0.29, 0.717) is 18.1 Å². The molecule has 4 heteroatoms. The van der Waals surface area contributed by atoms with Crippen molar-refractivity contribution in [1.82, 2.24) is 10.6 Å². The molecule has 0 spiro atoms. The molecule has 0 unspecified atom stereocenters. The van der Waals surface area contributed by atoms with Crippen molar-refractivity contribution in [3.05, 3.63) is 11.6 Å². The second kappa shape index (κ2) is 6.98. The number of hydrogen-bond donors (Lipinski definition) is 2. The lowest BCUT2D eigenvalue weighted by Gasteiger charge is -2.05. The lowest BCUT2D eigenvalue weighted by molar-refractivity contribution is 0.241. The molecule has 0 rings (SSSR count). The van der Waals surface area contributed by atoms with Crippen LogP contribution in [0.1, 0.15) is 19.8 Å². The van der Waals surface area contributed by atoms with Gasteiger partial charge in [-0.15, -0.1) is 0 Å². The van der Waals surface area contributed by atoms with Crippen molar-refractivity contribution in [3.63, 3.8) is 0 Å². The highest BCUT2D eigenvalue weighted by Crippen LogP contribution is 1.91. The van der Waals surface area contributed by atoms with E-state index in [1.807, 2.05) is 0 Å². The van der Waals surface area contributed by atoms with Crippen LogP contribution in [-0.4, -0.2) is 19.1 Å². The molecular weight excluding hydrogens is 176 g/mol. The van der Waals surface area contributed by atoms with Gasteiger partial charge in [-0.2, -0.15) is 0 Å². The summed E-state index contributed by atoms with van der Waals surface area (Å²) in [5, 5.41) is 5.68. The Labute approximate surface area is 78.2 Å². The molecule has 0 aromatic rings. The van der Waals surface area contributed by atoms with Crippen LogP contribution >= 0.6 is 11.6 Å². The van der Waals surface area contributed by atoms with E-state index >= 15 is 0 Å². The van der Waals surface area contributed by atoms with Crippen molar-refractivity contribution in [2.45, 2.75) is 19.8 Å². The second-order valence-electron chi connectivity index (χ2n) is 2.48. The number of carbonyl (C=O) groups is 1. The fourth-order valence-corrected chi connectivity index (χ4v) is 0.684. The largest absolute Gasteiger partial charge is 0.338 e. The minimum Gasteiger partial charge on any atom is -0.338 e. The van der Waals surface area contributed by atoms with Gasteiger partial charge in [0.2, 0.25) is 0 Å². The van der Waals surface area contributed by atoms with Crippen molar-refractivity contribution in [3.8, 4) is 0 Å². The number of halogens is 1. The molecule has 2 N–H and O–H groups in total. The van der Waals surface area contributed by atoms with E-state index in [0.717, 1.165) is 12.8 Å². The zero-order valence-electron chi connectivity index (χ0n) is 7.32. The minimum absolute atomic E-state index is 0.190. The Balaban J connectivity index is 3.28. The van der Waals surface area contributed by atoms with E-state index in [-0.39, 0.29) is 6.03 Å². The molecule has 0 bridgehead atoms. The molecule has 0 saturated carbocycles. The number of rotatable bonds is 5. The maximum absolute atomic E-state index is 10.9. The average Bonchev–Trinajstić information content (AvgIpc) is 2.01. The van der Waals surface area contributed by atoms with Gasteiger partial charge in [-0.1, -0.05) is 31.5 Å². The van der Waals surface area contributed by atoms with Crippen molar-refractivity contribution < 1.29 is 4.79 Å². The van der Waals surface area contributed by atoms with Gasteiger partial charge in [0.1, 0.15) is 0 Å². The van der Waals surface area contributed by atoms with Crippen LogP contribution < -0.4 is 10.6 Å². The Morgan fingerprint density at radius 1 is 1.50 bits per heavy atom. The molecule has 0 fully saturated rings. The first kappa shape index (κ1) is 11.3. The molecule has 0 aromatic heterocycles.